The summed E-state index contributed by atoms with van der Waals surface area (Å²) in [5, 5.41) is 0.510. The Hall–Kier alpha value is -4.43. The summed E-state index contributed by atoms with van der Waals surface area (Å²) in [7, 11) is 0. The highest BCUT2D eigenvalue weighted by Crippen LogP contribution is 2.30. The van der Waals surface area contributed by atoms with Gasteiger partial charge in [-0.15, -0.1) is 0 Å². The first-order chi connectivity index (χ1) is 19.3. The number of rotatable bonds is 6. The molecule has 2 aliphatic rings. The largest absolute Gasteiger partial charge is 0.462 e. The molecule has 0 saturated carbocycles. The topological polar surface area (TPSA) is 87.2 Å². The molecule has 3 aromatic rings. The van der Waals surface area contributed by atoms with Crippen LogP contribution in [-0.4, -0.2) is 59.7 Å². The number of halogens is 1. The minimum atomic E-state index is -0.490. The van der Waals surface area contributed by atoms with Crippen LogP contribution in [0, 0.1) is 0 Å². The molecular formula is C31H28ClN3O5. The summed E-state index contributed by atoms with van der Waals surface area (Å²) in [6.07, 6.45) is 3.92. The van der Waals surface area contributed by atoms with Gasteiger partial charge in [-0.2, -0.15) is 0 Å². The summed E-state index contributed by atoms with van der Waals surface area (Å²) in [6.45, 7) is 3.36. The van der Waals surface area contributed by atoms with E-state index in [-0.39, 0.29) is 44.0 Å². The third-order valence-corrected chi connectivity index (χ3v) is 7.15. The Morgan fingerprint density at radius 1 is 0.800 bits per heavy atom. The molecule has 0 aliphatic carbocycles. The van der Waals surface area contributed by atoms with Crippen molar-refractivity contribution in [2.75, 3.05) is 31.1 Å². The number of amides is 3. The first-order valence-electron chi connectivity index (χ1n) is 13.0. The van der Waals surface area contributed by atoms with E-state index in [1.54, 1.807) is 71.3 Å². The van der Waals surface area contributed by atoms with Gasteiger partial charge in [0.1, 0.15) is 6.54 Å². The fraction of sp³-hybridized carbons (Fsp3) is 0.226. The average molecular weight is 558 g/mol. The smallest absolute Gasteiger partial charge is 0.338 e. The van der Waals surface area contributed by atoms with Crippen molar-refractivity contribution in [3.63, 3.8) is 0 Å². The normalized spacial score (nSPS) is 14.7. The zero-order chi connectivity index (χ0) is 28.2. The van der Waals surface area contributed by atoms with Gasteiger partial charge < -0.3 is 19.4 Å². The Balaban J connectivity index is 1.45. The van der Waals surface area contributed by atoms with Crippen LogP contribution in [0.3, 0.4) is 0 Å². The van der Waals surface area contributed by atoms with Gasteiger partial charge in [0.05, 0.1) is 18.7 Å². The number of esters is 1. The van der Waals surface area contributed by atoms with Gasteiger partial charge in [0.25, 0.3) is 11.8 Å². The predicted molar refractivity (Wildman–Crippen MR) is 151 cm³/mol. The quantitative estimate of drug-likeness (QED) is 0.323. The van der Waals surface area contributed by atoms with E-state index in [9.17, 15) is 19.2 Å². The molecule has 9 heteroatoms. The van der Waals surface area contributed by atoms with Crippen molar-refractivity contribution >= 4 is 41.0 Å². The second-order valence-corrected chi connectivity index (χ2v) is 10.0. The monoisotopic (exact) mass is 557 g/mol. The fourth-order valence-corrected chi connectivity index (χ4v) is 4.91. The molecule has 0 radical (unpaired) electrons. The molecule has 2 heterocycles. The molecule has 0 saturated heterocycles. The van der Waals surface area contributed by atoms with Crippen molar-refractivity contribution in [2.24, 2.45) is 0 Å². The zero-order valence-electron chi connectivity index (χ0n) is 22.0. The molecule has 3 amide bonds. The lowest BCUT2D eigenvalue weighted by Crippen LogP contribution is -2.39. The molecule has 5 rings (SSSR count). The Labute approximate surface area is 237 Å². The summed E-state index contributed by atoms with van der Waals surface area (Å²) in [5.74, 6) is -1.14. The maximum absolute atomic E-state index is 13.7. The van der Waals surface area contributed by atoms with E-state index in [1.807, 2.05) is 24.3 Å². The first-order valence-corrected chi connectivity index (χ1v) is 13.4. The Kier molecular flexibility index (Phi) is 7.98. The van der Waals surface area contributed by atoms with E-state index < -0.39 is 5.97 Å². The number of nitrogens with zero attached hydrogens (tertiary/aromatic N) is 3. The summed E-state index contributed by atoms with van der Waals surface area (Å²) >= 11 is 5.99. The van der Waals surface area contributed by atoms with E-state index in [2.05, 4.69) is 0 Å². The van der Waals surface area contributed by atoms with Crippen molar-refractivity contribution < 1.29 is 23.9 Å². The summed E-state index contributed by atoms with van der Waals surface area (Å²) in [4.78, 5) is 57.1. The van der Waals surface area contributed by atoms with Crippen LogP contribution >= 0.6 is 11.6 Å². The maximum Gasteiger partial charge on any atom is 0.338 e. The van der Waals surface area contributed by atoms with E-state index in [0.717, 1.165) is 11.1 Å². The molecule has 0 N–H and O–H groups in total. The first kappa shape index (κ1) is 27.1. The van der Waals surface area contributed by atoms with Gasteiger partial charge >= 0.3 is 5.97 Å². The number of hydrogen-bond donors (Lipinski definition) is 0. The van der Waals surface area contributed by atoms with Crippen LogP contribution in [0.25, 0.3) is 0 Å². The molecule has 8 nitrogen and oxygen atoms in total. The van der Waals surface area contributed by atoms with Gasteiger partial charge in [0.15, 0.2) is 0 Å². The lowest BCUT2D eigenvalue weighted by molar-refractivity contribution is -0.119. The number of carbonyl (C=O) groups is 4. The molecule has 40 heavy (non-hydrogen) atoms. The minimum absolute atomic E-state index is 0.0526. The van der Waals surface area contributed by atoms with Gasteiger partial charge in [0, 0.05) is 41.5 Å². The van der Waals surface area contributed by atoms with Gasteiger partial charge in [0.2, 0.25) is 5.91 Å². The van der Waals surface area contributed by atoms with Crippen molar-refractivity contribution in [3.05, 3.63) is 112 Å². The summed E-state index contributed by atoms with van der Waals surface area (Å²) in [5.41, 5.74) is 3.36. The van der Waals surface area contributed by atoms with Crippen LogP contribution in [0.5, 0.6) is 0 Å². The molecule has 0 atom stereocenters. The Morgan fingerprint density at radius 3 is 2.05 bits per heavy atom. The standard InChI is InChI=1S/C31H28ClN3O5/c1-2-40-31(39)24-9-10-25-19-34(30(38)23-11-13-26(32)14-12-23)20-28(36)35(27(25)17-24)18-21-5-7-22(8-6-21)29(37)33-15-3-4-16-33/h3-14,17H,2,15-16,18-20H2,1H3. The van der Waals surface area contributed by atoms with E-state index in [4.69, 9.17) is 16.3 Å². The zero-order valence-corrected chi connectivity index (χ0v) is 22.8. The third-order valence-electron chi connectivity index (χ3n) is 6.90. The van der Waals surface area contributed by atoms with Crippen molar-refractivity contribution in [2.45, 2.75) is 20.0 Å². The summed E-state index contributed by atoms with van der Waals surface area (Å²) in [6, 6.07) is 18.7. The number of ether oxygens (including phenoxy) is 1. The van der Waals surface area contributed by atoms with Crippen molar-refractivity contribution in [1.29, 1.82) is 0 Å². The van der Waals surface area contributed by atoms with Crippen LogP contribution in [0.15, 0.2) is 78.9 Å². The second-order valence-electron chi connectivity index (χ2n) is 9.59. The number of fused-ring (bicyclic) bond motifs is 1. The molecule has 2 aliphatic heterocycles. The van der Waals surface area contributed by atoms with Gasteiger partial charge in [-0.1, -0.05) is 42.0 Å². The predicted octanol–water partition coefficient (Wildman–Crippen LogP) is 4.72. The van der Waals surface area contributed by atoms with Gasteiger partial charge in [-0.05, 0) is 66.6 Å². The summed E-state index contributed by atoms with van der Waals surface area (Å²) < 4.78 is 5.18. The average Bonchev–Trinajstić information content (AvgIpc) is 3.47. The highest BCUT2D eigenvalue weighted by atomic mass is 35.5. The van der Waals surface area contributed by atoms with Crippen LogP contribution in [0.4, 0.5) is 5.69 Å². The lowest BCUT2D eigenvalue weighted by atomic mass is 10.1. The molecule has 3 aromatic carbocycles. The molecular weight excluding hydrogens is 530 g/mol. The Bertz CT molecular complexity index is 1480. The van der Waals surface area contributed by atoms with Crippen LogP contribution < -0.4 is 4.90 Å². The van der Waals surface area contributed by atoms with E-state index in [1.165, 1.54) is 4.90 Å². The van der Waals surface area contributed by atoms with Crippen molar-refractivity contribution in [3.8, 4) is 0 Å². The Morgan fingerprint density at radius 2 is 1.40 bits per heavy atom. The molecule has 0 unspecified atom stereocenters. The van der Waals surface area contributed by atoms with Crippen LogP contribution in [-0.2, 0) is 22.6 Å². The maximum atomic E-state index is 13.7. The van der Waals surface area contributed by atoms with Crippen molar-refractivity contribution in [1.82, 2.24) is 9.80 Å². The fourth-order valence-electron chi connectivity index (χ4n) is 4.79. The molecule has 0 aromatic heterocycles. The molecule has 0 bridgehead atoms. The molecule has 204 valence electrons. The van der Waals surface area contributed by atoms with Gasteiger partial charge in [-0.25, -0.2) is 4.79 Å². The minimum Gasteiger partial charge on any atom is -0.462 e. The number of benzene rings is 3. The SMILES string of the molecule is CCOC(=O)c1ccc2c(c1)N(Cc1ccc(C(=O)N3CC=CC3)cc1)C(=O)CN(C(=O)c1ccc(Cl)cc1)C2. The van der Waals surface area contributed by atoms with Crippen LogP contribution in [0.1, 0.15) is 49.1 Å². The molecule has 0 fully saturated rings. The van der Waals surface area contributed by atoms with E-state index >= 15 is 0 Å². The third kappa shape index (κ3) is 5.77. The number of hydrogen-bond acceptors (Lipinski definition) is 5. The van der Waals surface area contributed by atoms with Gasteiger partial charge in [-0.3, -0.25) is 14.4 Å². The van der Waals surface area contributed by atoms with Crippen LogP contribution in [0.2, 0.25) is 5.02 Å². The number of carbonyl (C=O) groups excluding carboxylic acids is 4. The van der Waals surface area contributed by atoms with E-state index in [0.29, 0.717) is 40.5 Å². The lowest BCUT2D eigenvalue weighted by Gasteiger charge is -2.24. The number of anilines is 1. The highest BCUT2D eigenvalue weighted by molar-refractivity contribution is 6.30. The highest BCUT2D eigenvalue weighted by Gasteiger charge is 2.30. The second kappa shape index (κ2) is 11.8. The molecule has 0 spiro atoms.